The van der Waals surface area contributed by atoms with Crippen molar-refractivity contribution in [1.29, 1.82) is 0 Å². The van der Waals surface area contributed by atoms with E-state index in [0.29, 0.717) is 23.4 Å². The molecule has 3 aromatic rings. The summed E-state index contributed by atoms with van der Waals surface area (Å²) < 4.78 is 2.01. The average molecular weight is 300 g/mol. The van der Waals surface area contributed by atoms with Crippen molar-refractivity contribution in [3.8, 4) is 0 Å². The van der Waals surface area contributed by atoms with Crippen LogP contribution in [0.25, 0.3) is 11.0 Å². The van der Waals surface area contributed by atoms with E-state index in [0.717, 1.165) is 11.0 Å². The van der Waals surface area contributed by atoms with Crippen LogP contribution >= 0.6 is 11.6 Å². The average Bonchev–Trinajstić information content (AvgIpc) is 2.75. The predicted octanol–water partition coefficient (Wildman–Crippen LogP) is 4.44. The van der Waals surface area contributed by atoms with E-state index in [1.54, 1.807) is 0 Å². The number of anilines is 1. The number of nitrogen functional groups attached to an aromatic ring is 1. The zero-order chi connectivity index (χ0) is 15.0. The fourth-order valence-corrected chi connectivity index (χ4v) is 2.64. The van der Waals surface area contributed by atoms with E-state index in [2.05, 4.69) is 43.1 Å². The minimum atomic E-state index is 0.514. The summed E-state index contributed by atoms with van der Waals surface area (Å²) in [4.78, 5) is 4.37. The van der Waals surface area contributed by atoms with Crippen LogP contribution in [-0.2, 0) is 6.54 Å². The lowest BCUT2D eigenvalue weighted by Crippen LogP contribution is -2.04. The standard InChI is InChI=1S/C17H18ClN3/c1-11(2)13-5-3-12(4-6-13)10-21-16-8-7-14(18)9-15(16)20-17(21)19/h3-9,11H,10H2,1-2H3,(H2,19,20). The molecule has 3 nitrogen and oxygen atoms in total. The van der Waals surface area contributed by atoms with Crippen LogP contribution in [0.15, 0.2) is 42.5 Å². The molecule has 0 aliphatic heterocycles. The number of aromatic nitrogens is 2. The topological polar surface area (TPSA) is 43.8 Å². The lowest BCUT2D eigenvalue weighted by Gasteiger charge is -2.09. The monoisotopic (exact) mass is 299 g/mol. The maximum Gasteiger partial charge on any atom is 0.201 e. The Kier molecular flexibility index (Phi) is 3.60. The SMILES string of the molecule is CC(C)c1ccc(Cn2c(N)nc3cc(Cl)ccc32)cc1. The largest absolute Gasteiger partial charge is 0.369 e. The van der Waals surface area contributed by atoms with Gasteiger partial charge in [0.1, 0.15) is 0 Å². The molecule has 0 aliphatic carbocycles. The molecule has 1 heterocycles. The van der Waals surface area contributed by atoms with Crippen LogP contribution in [0.4, 0.5) is 5.95 Å². The van der Waals surface area contributed by atoms with Gasteiger partial charge in [0.05, 0.1) is 17.6 Å². The maximum absolute atomic E-state index is 6.04. The summed E-state index contributed by atoms with van der Waals surface area (Å²) in [6.45, 7) is 5.10. The molecule has 21 heavy (non-hydrogen) atoms. The van der Waals surface area contributed by atoms with Crippen LogP contribution < -0.4 is 5.73 Å². The Labute approximate surface area is 129 Å². The van der Waals surface area contributed by atoms with Crippen LogP contribution in [0.3, 0.4) is 0 Å². The molecule has 0 saturated carbocycles. The molecule has 0 saturated heterocycles. The summed E-state index contributed by atoms with van der Waals surface area (Å²) >= 11 is 6.00. The first-order valence-corrected chi connectivity index (χ1v) is 7.42. The summed E-state index contributed by atoms with van der Waals surface area (Å²) in [5.74, 6) is 1.06. The van der Waals surface area contributed by atoms with Crippen LogP contribution in [0, 0.1) is 0 Å². The summed E-state index contributed by atoms with van der Waals surface area (Å²) in [5, 5.41) is 0.674. The Morgan fingerprint density at radius 2 is 1.86 bits per heavy atom. The Bertz CT molecular complexity index is 773. The Balaban J connectivity index is 1.96. The molecule has 2 aromatic carbocycles. The molecule has 1 aromatic heterocycles. The fraction of sp³-hybridized carbons (Fsp3) is 0.235. The van der Waals surface area contributed by atoms with E-state index in [4.69, 9.17) is 17.3 Å². The third kappa shape index (κ3) is 2.74. The molecule has 3 rings (SSSR count). The van der Waals surface area contributed by atoms with E-state index in [-0.39, 0.29) is 0 Å². The number of hydrogen-bond donors (Lipinski definition) is 1. The number of hydrogen-bond acceptors (Lipinski definition) is 2. The molecule has 0 radical (unpaired) electrons. The molecular formula is C17H18ClN3. The van der Waals surface area contributed by atoms with Gasteiger partial charge in [-0.25, -0.2) is 4.98 Å². The number of benzene rings is 2. The third-order valence-corrected chi connectivity index (χ3v) is 3.96. The van der Waals surface area contributed by atoms with Crippen LogP contribution in [-0.4, -0.2) is 9.55 Å². The van der Waals surface area contributed by atoms with Crippen molar-refractivity contribution < 1.29 is 0 Å². The molecule has 0 bridgehead atoms. The molecule has 2 N–H and O–H groups in total. The van der Waals surface area contributed by atoms with Gasteiger partial charge in [0.25, 0.3) is 0 Å². The van der Waals surface area contributed by atoms with Gasteiger partial charge in [-0.15, -0.1) is 0 Å². The van der Waals surface area contributed by atoms with Crippen molar-refractivity contribution in [3.05, 3.63) is 58.6 Å². The quantitative estimate of drug-likeness (QED) is 0.777. The van der Waals surface area contributed by atoms with E-state index in [9.17, 15) is 0 Å². The molecule has 0 aliphatic rings. The zero-order valence-corrected chi connectivity index (χ0v) is 12.9. The number of imidazole rings is 1. The van der Waals surface area contributed by atoms with Gasteiger partial charge in [-0.2, -0.15) is 0 Å². The lowest BCUT2D eigenvalue weighted by molar-refractivity contribution is 0.830. The fourth-order valence-electron chi connectivity index (χ4n) is 2.48. The summed E-state index contributed by atoms with van der Waals surface area (Å²) in [5.41, 5.74) is 10.4. The predicted molar refractivity (Wildman–Crippen MR) is 88.8 cm³/mol. The van der Waals surface area contributed by atoms with Crippen molar-refractivity contribution >= 4 is 28.6 Å². The van der Waals surface area contributed by atoms with Crippen LogP contribution in [0.5, 0.6) is 0 Å². The molecule has 0 amide bonds. The van der Waals surface area contributed by atoms with Crippen molar-refractivity contribution in [1.82, 2.24) is 9.55 Å². The second-order valence-electron chi connectivity index (χ2n) is 5.59. The van der Waals surface area contributed by atoms with Crippen molar-refractivity contribution in [2.24, 2.45) is 0 Å². The minimum Gasteiger partial charge on any atom is -0.369 e. The number of halogens is 1. The maximum atomic E-state index is 6.04. The first-order chi connectivity index (χ1) is 10.0. The molecule has 108 valence electrons. The van der Waals surface area contributed by atoms with Gasteiger partial charge in [0.2, 0.25) is 5.95 Å². The normalized spacial score (nSPS) is 11.4. The van der Waals surface area contributed by atoms with Gasteiger partial charge in [-0.3, -0.25) is 0 Å². The van der Waals surface area contributed by atoms with Gasteiger partial charge in [0.15, 0.2) is 0 Å². The van der Waals surface area contributed by atoms with E-state index < -0.39 is 0 Å². The van der Waals surface area contributed by atoms with Gasteiger partial charge in [0, 0.05) is 5.02 Å². The summed E-state index contributed by atoms with van der Waals surface area (Å²) in [6.07, 6.45) is 0. The third-order valence-electron chi connectivity index (χ3n) is 3.73. The second-order valence-corrected chi connectivity index (χ2v) is 6.02. The highest BCUT2D eigenvalue weighted by atomic mass is 35.5. The highest BCUT2D eigenvalue weighted by molar-refractivity contribution is 6.31. The summed E-state index contributed by atoms with van der Waals surface area (Å²) in [7, 11) is 0. The number of nitrogens with two attached hydrogens (primary N) is 1. The summed E-state index contributed by atoms with van der Waals surface area (Å²) in [6, 6.07) is 14.3. The Morgan fingerprint density at radius 1 is 1.14 bits per heavy atom. The van der Waals surface area contributed by atoms with Gasteiger partial charge in [-0.05, 0) is 35.2 Å². The van der Waals surface area contributed by atoms with Crippen molar-refractivity contribution in [3.63, 3.8) is 0 Å². The molecule has 4 heteroatoms. The van der Waals surface area contributed by atoms with Crippen molar-refractivity contribution in [2.75, 3.05) is 5.73 Å². The van der Waals surface area contributed by atoms with Crippen LogP contribution in [0.2, 0.25) is 5.02 Å². The van der Waals surface area contributed by atoms with Crippen molar-refractivity contribution in [2.45, 2.75) is 26.3 Å². The van der Waals surface area contributed by atoms with E-state index in [1.165, 1.54) is 11.1 Å². The molecule has 0 spiro atoms. The van der Waals surface area contributed by atoms with E-state index in [1.807, 2.05) is 22.8 Å². The van der Waals surface area contributed by atoms with E-state index >= 15 is 0 Å². The highest BCUT2D eigenvalue weighted by Gasteiger charge is 2.09. The first-order valence-electron chi connectivity index (χ1n) is 7.04. The Hall–Kier alpha value is -2.00. The number of nitrogens with zero attached hydrogens (tertiary/aromatic N) is 2. The molecule has 0 unspecified atom stereocenters. The van der Waals surface area contributed by atoms with Gasteiger partial charge < -0.3 is 10.3 Å². The molecule has 0 atom stereocenters. The number of fused-ring (bicyclic) bond motifs is 1. The van der Waals surface area contributed by atoms with Gasteiger partial charge in [-0.1, -0.05) is 49.7 Å². The highest BCUT2D eigenvalue weighted by Crippen LogP contribution is 2.23. The first kappa shape index (κ1) is 14.0. The van der Waals surface area contributed by atoms with Crippen LogP contribution in [0.1, 0.15) is 30.9 Å². The number of rotatable bonds is 3. The minimum absolute atomic E-state index is 0.514. The Morgan fingerprint density at radius 3 is 2.52 bits per heavy atom. The molecular weight excluding hydrogens is 282 g/mol. The second kappa shape index (κ2) is 5.41. The van der Waals surface area contributed by atoms with Gasteiger partial charge >= 0.3 is 0 Å². The smallest absolute Gasteiger partial charge is 0.201 e. The molecule has 0 fully saturated rings. The lowest BCUT2D eigenvalue weighted by atomic mass is 10.0. The zero-order valence-electron chi connectivity index (χ0n) is 12.2.